The van der Waals surface area contributed by atoms with E-state index in [1.807, 2.05) is 24.1 Å². The molecule has 112 valence electrons. The first-order valence-electron chi connectivity index (χ1n) is 6.89. The van der Waals surface area contributed by atoms with Crippen LogP contribution in [-0.4, -0.2) is 37.0 Å². The lowest BCUT2D eigenvalue weighted by Crippen LogP contribution is -2.37. The van der Waals surface area contributed by atoms with Crippen molar-refractivity contribution in [2.45, 2.75) is 31.7 Å². The van der Waals surface area contributed by atoms with Crippen LogP contribution in [0.25, 0.3) is 0 Å². The monoisotopic (exact) mass is 300 g/mol. The molecule has 0 aromatic heterocycles. The van der Waals surface area contributed by atoms with Crippen molar-refractivity contribution < 1.29 is 9.18 Å². The van der Waals surface area contributed by atoms with Gasteiger partial charge in [0.15, 0.2) is 0 Å². The van der Waals surface area contributed by atoms with Gasteiger partial charge in [0.1, 0.15) is 5.82 Å². The second kappa shape index (κ2) is 8.22. The van der Waals surface area contributed by atoms with Crippen LogP contribution in [0.3, 0.4) is 0 Å². The van der Waals surface area contributed by atoms with E-state index >= 15 is 0 Å². The zero-order chi connectivity index (χ0) is 13.7. The molecule has 0 bridgehead atoms. The summed E-state index contributed by atoms with van der Waals surface area (Å²) in [5.41, 5.74) is 1.10. The highest BCUT2D eigenvalue weighted by atomic mass is 35.5. The Labute approximate surface area is 125 Å². The van der Waals surface area contributed by atoms with Crippen molar-refractivity contribution in [2.24, 2.45) is 0 Å². The zero-order valence-electron chi connectivity index (χ0n) is 11.8. The Hall–Kier alpha value is -1.13. The lowest BCUT2D eigenvalue weighted by Gasteiger charge is -2.25. The molecular weight excluding hydrogens is 279 g/mol. The molecule has 20 heavy (non-hydrogen) atoms. The van der Waals surface area contributed by atoms with Crippen LogP contribution in [0.5, 0.6) is 0 Å². The van der Waals surface area contributed by atoms with Crippen molar-refractivity contribution in [3.63, 3.8) is 0 Å². The van der Waals surface area contributed by atoms with Crippen LogP contribution >= 0.6 is 12.4 Å². The van der Waals surface area contributed by atoms with Gasteiger partial charge in [-0.2, -0.15) is 0 Å². The molecule has 1 saturated heterocycles. The average Bonchev–Trinajstić information content (AvgIpc) is 2.87. The summed E-state index contributed by atoms with van der Waals surface area (Å²) >= 11 is 0. The molecule has 1 fully saturated rings. The van der Waals surface area contributed by atoms with E-state index in [0.29, 0.717) is 6.42 Å². The van der Waals surface area contributed by atoms with Gasteiger partial charge in [-0.25, -0.2) is 4.39 Å². The Morgan fingerprint density at radius 1 is 1.40 bits per heavy atom. The van der Waals surface area contributed by atoms with Crippen molar-refractivity contribution in [2.75, 3.05) is 20.1 Å². The topological polar surface area (TPSA) is 32.3 Å². The quantitative estimate of drug-likeness (QED) is 0.905. The van der Waals surface area contributed by atoms with E-state index in [1.165, 1.54) is 12.1 Å². The highest BCUT2D eigenvalue weighted by Crippen LogP contribution is 2.22. The van der Waals surface area contributed by atoms with Gasteiger partial charge >= 0.3 is 0 Å². The minimum atomic E-state index is -0.211. The Morgan fingerprint density at radius 3 is 2.75 bits per heavy atom. The van der Waals surface area contributed by atoms with Crippen LogP contribution in [0, 0.1) is 5.82 Å². The molecule has 0 radical (unpaired) electrons. The third-order valence-electron chi connectivity index (χ3n) is 3.67. The minimum absolute atomic E-state index is 0. The molecule has 3 nitrogen and oxygen atoms in total. The SMILES string of the molecule is CNCCC(=O)N1CCCC1Cc1ccc(F)cc1.Cl. The molecule has 0 saturated carbocycles. The van der Waals surface area contributed by atoms with Crippen molar-refractivity contribution >= 4 is 18.3 Å². The first-order valence-corrected chi connectivity index (χ1v) is 6.89. The molecule has 1 N–H and O–H groups in total. The van der Waals surface area contributed by atoms with E-state index in [-0.39, 0.29) is 30.2 Å². The highest BCUT2D eigenvalue weighted by Gasteiger charge is 2.28. The van der Waals surface area contributed by atoms with Gasteiger partial charge in [0.2, 0.25) is 5.91 Å². The van der Waals surface area contributed by atoms with Crippen LogP contribution < -0.4 is 5.32 Å². The normalized spacial score (nSPS) is 17.9. The summed E-state index contributed by atoms with van der Waals surface area (Å²) in [4.78, 5) is 14.1. The van der Waals surface area contributed by atoms with Crippen LogP contribution in [0.4, 0.5) is 4.39 Å². The standard InChI is InChI=1S/C15H21FN2O.ClH/c1-17-9-8-15(19)18-10-2-3-14(18)11-12-4-6-13(16)7-5-12;/h4-7,14,17H,2-3,8-11H2,1H3;1H. The van der Waals surface area contributed by atoms with E-state index in [1.54, 1.807) is 0 Å². The smallest absolute Gasteiger partial charge is 0.224 e. The van der Waals surface area contributed by atoms with Crippen LogP contribution in [0.1, 0.15) is 24.8 Å². The number of halogens is 2. The number of nitrogens with zero attached hydrogens (tertiary/aromatic N) is 1. The summed E-state index contributed by atoms with van der Waals surface area (Å²) in [5.74, 6) is 0.0103. The molecule has 1 aliphatic rings. The van der Waals surface area contributed by atoms with Gasteiger partial charge < -0.3 is 10.2 Å². The molecule has 1 heterocycles. The Bertz CT molecular complexity index is 424. The van der Waals surface area contributed by atoms with Crippen LogP contribution in [0.15, 0.2) is 24.3 Å². The number of carbonyl (C=O) groups excluding carboxylic acids is 1. The summed E-state index contributed by atoms with van der Waals surface area (Å²) in [5, 5.41) is 3.00. The number of likely N-dealkylation sites (tertiary alicyclic amines) is 1. The summed E-state index contributed by atoms with van der Waals surface area (Å²) in [6, 6.07) is 6.86. The Kier molecular flexibility index (Phi) is 6.96. The minimum Gasteiger partial charge on any atom is -0.339 e. The summed E-state index contributed by atoms with van der Waals surface area (Å²) in [7, 11) is 1.85. The third-order valence-corrected chi connectivity index (χ3v) is 3.67. The highest BCUT2D eigenvalue weighted by molar-refractivity contribution is 5.85. The Morgan fingerprint density at radius 2 is 2.10 bits per heavy atom. The van der Waals surface area contributed by atoms with Gasteiger partial charge in [0, 0.05) is 25.6 Å². The van der Waals surface area contributed by atoms with Gasteiger partial charge in [0.25, 0.3) is 0 Å². The number of hydrogen-bond donors (Lipinski definition) is 1. The first-order chi connectivity index (χ1) is 9.20. The molecule has 0 aliphatic carbocycles. The van der Waals surface area contributed by atoms with Crippen molar-refractivity contribution in [3.8, 4) is 0 Å². The average molecular weight is 301 g/mol. The first kappa shape index (κ1) is 16.9. The van der Waals surface area contributed by atoms with Gasteiger partial charge in [0.05, 0.1) is 0 Å². The van der Waals surface area contributed by atoms with Gasteiger partial charge in [-0.3, -0.25) is 4.79 Å². The van der Waals surface area contributed by atoms with Crippen LogP contribution in [0.2, 0.25) is 0 Å². The van der Waals surface area contributed by atoms with Gasteiger partial charge in [-0.05, 0) is 44.0 Å². The zero-order valence-corrected chi connectivity index (χ0v) is 12.6. The maximum Gasteiger partial charge on any atom is 0.224 e. The van der Waals surface area contributed by atoms with Crippen molar-refractivity contribution in [1.82, 2.24) is 10.2 Å². The molecule has 1 aliphatic heterocycles. The van der Waals surface area contributed by atoms with E-state index in [2.05, 4.69) is 5.32 Å². The molecule has 1 atom stereocenters. The molecule has 1 unspecified atom stereocenters. The number of nitrogens with one attached hydrogen (secondary N) is 1. The largest absolute Gasteiger partial charge is 0.339 e. The van der Waals surface area contributed by atoms with Gasteiger partial charge in [-0.15, -0.1) is 12.4 Å². The van der Waals surface area contributed by atoms with Crippen molar-refractivity contribution in [3.05, 3.63) is 35.6 Å². The number of benzene rings is 1. The molecule has 5 heteroatoms. The molecule has 1 aromatic rings. The maximum absolute atomic E-state index is 12.9. The molecule has 1 aromatic carbocycles. The lowest BCUT2D eigenvalue weighted by molar-refractivity contribution is -0.131. The molecule has 2 rings (SSSR count). The number of amides is 1. The van der Waals surface area contributed by atoms with E-state index in [4.69, 9.17) is 0 Å². The predicted octanol–water partition coefficient (Wildman–Crippen LogP) is 2.39. The summed E-state index contributed by atoms with van der Waals surface area (Å²) in [6.45, 7) is 1.58. The number of rotatable bonds is 5. The summed E-state index contributed by atoms with van der Waals surface area (Å²) in [6.07, 6.45) is 3.49. The van der Waals surface area contributed by atoms with E-state index in [0.717, 1.165) is 37.9 Å². The third kappa shape index (κ3) is 4.46. The fourth-order valence-corrected chi connectivity index (χ4v) is 2.64. The summed E-state index contributed by atoms with van der Waals surface area (Å²) < 4.78 is 12.9. The fraction of sp³-hybridized carbons (Fsp3) is 0.533. The van der Waals surface area contributed by atoms with Crippen LogP contribution in [-0.2, 0) is 11.2 Å². The van der Waals surface area contributed by atoms with E-state index in [9.17, 15) is 9.18 Å². The second-order valence-electron chi connectivity index (χ2n) is 5.07. The van der Waals surface area contributed by atoms with Crippen molar-refractivity contribution in [1.29, 1.82) is 0 Å². The van der Waals surface area contributed by atoms with Gasteiger partial charge in [-0.1, -0.05) is 12.1 Å². The Balaban J connectivity index is 0.00000200. The molecule has 1 amide bonds. The maximum atomic E-state index is 12.9. The molecular formula is C15H22ClFN2O. The number of hydrogen-bond acceptors (Lipinski definition) is 2. The second-order valence-corrected chi connectivity index (χ2v) is 5.07. The predicted molar refractivity (Wildman–Crippen MR) is 80.6 cm³/mol. The van der Waals surface area contributed by atoms with E-state index < -0.39 is 0 Å². The lowest BCUT2D eigenvalue weighted by atomic mass is 10.0. The molecule has 0 spiro atoms. The number of carbonyl (C=O) groups is 1. The fourth-order valence-electron chi connectivity index (χ4n) is 2.64.